The van der Waals surface area contributed by atoms with Crippen LogP contribution in [-0.2, 0) is 24.8 Å². The van der Waals surface area contributed by atoms with Crippen LogP contribution in [0.4, 0.5) is 0 Å². The zero-order valence-electron chi connectivity index (χ0n) is 15.8. The van der Waals surface area contributed by atoms with Crippen LogP contribution < -0.4 is 0 Å². The highest BCUT2D eigenvalue weighted by atomic mass is 16.5. The number of aryl methyl sites for hydroxylation is 2. The minimum absolute atomic E-state index is 0.126. The molecule has 7 nitrogen and oxygen atoms in total. The predicted octanol–water partition coefficient (Wildman–Crippen LogP) is 2.86. The van der Waals surface area contributed by atoms with Crippen molar-refractivity contribution in [1.82, 2.24) is 24.8 Å². The third kappa shape index (κ3) is 3.13. The fourth-order valence-corrected chi connectivity index (χ4v) is 3.80. The molecule has 1 atom stereocenters. The van der Waals surface area contributed by atoms with Gasteiger partial charge in [-0.3, -0.25) is 9.48 Å². The largest absolute Gasteiger partial charge is 0.337 e. The van der Waals surface area contributed by atoms with E-state index in [9.17, 15) is 4.79 Å². The van der Waals surface area contributed by atoms with Crippen LogP contribution in [0.1, 0.15) is 41.9 Å². The topological polar surface area (TPSA) is 77.1 Å². The molecule has 0 saturated carbocycles. The quantitative estimate of drug-likeness (QED) is 0.710. The smallest absolute Gasteiger partial charge is 0.278 e. The molecular formula is C20H23N5O2. The first-order valence-electron chi connectivity index (χ1n) is 9.27. The summed E-state index contributed by atoms with van der Waals surface area (Å²) >= 11 is 0. The average molecular weight is 365 g/mol. The molecule has 1 aliphatic heterocycles. The van der Waals surface area contributed by atoms with Crippen LogP contribution in [-0.4, -0.2) is 37.3 Å². The molecule has 1 aromatic carbocycles. The Bertz CT molecular complexity index is 960. The van der Waals surface area contributed by atoms with Gasteiger partial charge >= 0.3 is 0 Å². The Morgan fingerprint density at radius 3 is 2.74 bits per heavy atom. The predicted molar refractivity (Wildman–Crippen MR) is 99.8 cm³/mol. The monoisotopic (exact) mass is 365 g/mol. The van der Waals surface area contributed by atoms with Crippen LogP contribution in [0.5, 0.6) is 0 Å². The van der Waals surface area contributed by atoms with E-state index in [0.717, 1.165) is 29.7 Å². The van der Waals surface area contributed by atoms with Gasteiger partial charge in [-0.15, -0.1) is 0 Å². The van der Waals surface area contributed by atoms with Gasteiger partial charge in [0.25, 0.3) is 5.89 Å². The van der Waals surface area contributed by atoms with Crippen molar-refractivity contribution < 1.29 is 9.32 Å². The van der Waals surface area contributed by atoms with Crippen molar-refractivity contribution >= 4 is 5.91 Å². The first-order valence-corrected chi connectivity index (χ1v) is 9.27. The first-order chi connectivity index (χ1) is 13.1. The third-order valence-corrected chi connectivity index (χ3v) is 5.19. The van der Waals surface area contributed by atoms with E-state index in [1.54, 1.807) is 6.92 Å². The zero-order valence-corrected chi connectivity index (χ0v) is 15.8. The Labute approximate surface area is 158 Å². The number of rotatable bonds is 4. The Balaban J connectivity index is 1.63. The SMILES string of the molecule is CC[C@H](C(=O)N1CCc2c(c(-c3nc(C)no3)nn2C)C1)c1ccccc1. The maximum absolute atomic E-state index is 13.2. The third-order valence-electron chi connectivity index (χ3n) is 5.19. The zero-order chi connectivity index (χ0) is 19.0. The fourth-order valence-electron chi connectivity index (χ4n) is 3.80. The van der Waals surface area contributed by atoms with E-state index in [4.69, 9.17) is 4.52 Å². The van der Waals surface area contributed by atoms with Gasteiger partial charge in [0.2, 0.25) is 5.91 Å². The number of amides is 1. The lowest BCUT2D eigenvalue weighted by Gasteiger charge is -2.30. The molecule has 0 N–H and O–H groups in total. The van der Waals surface area contributed by atoms with E-state index >= 15 is 0 Å². The molecule has 1 aliphatic rings. The second-order valence-electron chi connectivity index (χ2n) is 6.93. The molecule has 27 heavy (non-hydrogen) atoms. The van der Waals surface area contributed by atoms with Crippen molar-refractivity contribution in [1.29, 1.82) is 0 Å². The van der Waals surface area contributed by atoms with Gasteiger partial charge in [-0.1, -0.05) is 42.4 Å². The van der Waals surface area contributed by atoms with Crippen molar-refractivity contribution in [2.24, 2.45) is 7.05 Å². The van der Waals surface area contributed by atoms with Gasteiger partial charge in [0.15, 0.2) is 11.5 Å². The van der Waals surface area contributed by atoms with Crippen LogP contribution in [0.25, 0.3) is 11.6 Å². The number of benzene rings is 1. The summed E-state index contributed by atoms with van der Waals surface area (Å²) < 4.78 is 7.18. The van der Waals surface area contributed by atoms with Gasteiger partial charge in [0.05, 0.1) is 5.92 Å². The van der Waals surface area contributed by atoms with Crippen LogP contribution in [0, 0.1) is 6.92 Å². The van der Waals surface area contributed by atoms with Crippen LogP contribution >= 0.6 is 0 Å². The number of aromatic nitrogens is 4. The molecule has 0 saturated heterocycles. The lowest BCUT2D eigenvalue weighted by atomic mass is 9.93. The normalized spacial score (nSPS) is 14.9. The van der Waals surface area contributed by atoms with Crippen molar-refractivity contribution in [3.8, 4) is 11.6 Å². The van der Waals surface area contributed by atoms with Crippen molar-refractivity contribution in [2.75, 3.05) is 6.54 Å². The number of carbonyl (C=O) groups is 1. The van der Waals surface area contributed by atoms with Gasteiger partial charge < -0.3 is 9.42 Å². The summed E-state index contributed by atoms with van der Waals surface area (Å²) in [5.74, 6) is 1.02. The molecule has 140 valence electrons. The second kappa shape index (κ2) is 6.98. The summed E-state index contributed by atoms with van der Waals surface area (Å²) in [4.78, 5) is 19.5. The lowest BCUT2D eigenvalue weighted by Crippen LogP contribution is -2.39. The molecular weight excluding hydrogens is 342 g/mol. The van der Waals surface area contributed by atoms with Crippen LogP contribution in [0.15, 0.2) is 34.9 Å². The Morgan fingerprint density at radius 1 is 1.30 bits per heavy atom. The summed E-state index contributed by atoms with van der Waals surface area (Å²) in [6, 6.07) is 9.99. The molecule has 3 aromatic rings. The molecule has 3 heterocycles. The van der Waals surface area contributed by atoms with E-state index in [0.29, 0.717) is 30.5 Å². The van der Waals surface area contributed by atoms with Gasteiger partial charge in [-0.2, -0.15) is 10.1 Å². The van der Waals surface area contributed by atoms with Crippen molar-refractivity contribution in [3.05, 3.63) is 53.0 Å². The Morgan fingerprint density at radius 2 is 2.07 bits per heavy atom. The first kappa shape index (κ1) is 17.5. The van der Waals surface area contributed by atoms with Crippen molar-refractivity contribution in [3.63, 3.8) is 0 Å². The standard InChI is InChI=1S/C20H23N5O2/c1-4-15(14-8-6-5-7-9-14)20(26)25-11-10-17-16(12-25)18(22-24(17)3)19-21-13(2)23-27-19/h5-9,15H,4,10-12H2,1-3H3/t15-/m0/s1. The molecule has 1 amide bonds. The van der Waals surface area contributed by atoms with Crippen LogP contribution in [0.2, 0.25) is 0 Å². The van der Waals surface area contributed by atoms with E-state index in [1.165, 1.54) is 0 Å². The van der Waals surface area contributed by atoms with E-state index in [-0.39, 0.29) is 11.8 Å². The summed E-state index contributed by atoms with van der Waals surface area (Å²) in [5.41, 5.74) is 3.87. The Hall–Kier alpha value is -2.96. The number of nitrogens with zero attached hydrogens (tertiary/aromatic N) is 5. The van der Waals surface area contributed by atoms with E-state index in [2.05, 4.69) is 22.2 Å². The highest BCUT2D eigenvalue weighted by Crippen LogP contribution is 2.31. The number of hydrogen-bond acceptors (Lipinski definition) is 5. The van der Waals surface area contributed by atoms with Gasteiger partial charge in [-0.25, -0.2) is 0 Å². The van der Waals surface area contributed by atoms with Gasteiger partial charge in [-0.05, 0) is 18.9 Å². The average Bonchev–Trinajstić information content (AvgIpc) is 3.26. The van der Waals surface area contributed by atoms with Crippen molar-refractivity contribution in [2.45, 2.75) is 39.2 Å². The molecule has 0 aliphatic carbocycles. The highest BCUT2D eigenvalue weighted by molar-refractivity contribution is 5.84. The molecule has 0 fully saturated rings. The highest BCUT2D eigenvalue weighted by Gasteiger charge is 2.32. The summed E-state index contributed by atoms with van der Waals surface area (Å²) in [6.45, 7) is 5.05. The number of carbonyl (C=O) groups excluding carboxylic acids is 1. The Kier molecular flexibility index (Phi) is 4.51. The minimum Gasteiger partial charge on any atom is -0.337 e. The second-order valence-corrected chi connectivity index (χ2v) is 6.93. The number of fused-ring (bicyclic) bond motifs is 1. The molecule has 0 spiro atoms. The summed E-state index contributed by atoms with van der Waals surface area (Å²) in [7, 11) is 1.92. The van der Waals surface area contributed by atoms with E-state index < -0.39 is 0 Å². The van der Waals surface area contributed by atoms with Crippen LogP contribution in [0.3, 0.4) is 0 Å². The molecule has 0 unspecified atom stereocenters. The molecule has 0 bridgehead atoms. The number of hydrogen-bond donors (Lipinski definition) is 0. The lowest BCUT2D eigenvalue weighted by molar-refractivity contribution is -0.133. The molecule has 7 heteroatoms. The molecule has 2 aromatic heterocycles. The minimum atomic E-state index is -0.126. The van der Waals surface area contributed by atoms with E-state index in [1.807, 2.05) is 47.0 Å². The summed E-state index contributed by atoms with van der Waals surface area (Å²) in [5, 5.41) is 8.45. The molecule has 4 rings (SSSR count). The fraction of sp³-hybridized carbons (Fsp3) is 0.400. The van der Waals surface area contributed by atoms with Gasteiger partial charge in [0.1, 0.15) is 0 Å². The molecule has 0 radical (unpaired) electrons. The van der Waals surface area contributed by atoms with Gasteiger partial charge in [0, 0.05) is 37.8 Å². The summed E-state index contributed by atoms with van der Waals surface area (Å²) in [6.07, 6.45) is 1.54. The maximum Gasteiger partial charge on any atom is 0.278 e. The maximum atomic E-state index is 13.2.